The summed E-state index contributed by atoms with van der Waals surface area (Å²) in [6.07, 6.45) is 1.39. The number of anilines is 1. The number of aromatic amines is 1. The van der Waals surface area contributed by atoms with Gasteiger partial charge in [0.1, 0.15) is 22.9 Å². The van der Waals surface area contributed by atoms with Gasteiger partial charge in [-0.15, -0.1) is 0 Å². The molecular formula is C6H5ClN4. The molecule has 0 unspecified atom stereocenters. The Bertz CT molecular complexity index is 394. The van der Waals surface area contributed by atoms with Crippen LogP contribution in [0, 0.1) is 0 Å². The number of halogens is 1. The first kappa shape index (κ1) is 6.42. The summed E-state index contributed by atoms with van der Waals surface area (Å²) in [5.41, 5.74) is 6.15. The van der Waals surface area contributed by atoms with Crippen molar-refractivity contribution in [3.05, 3.63) is 17.5 Å². The van der Waals surface area contributed by atoms with Crippen LogP contribution in [0.25, 0.3) is 11.0 Å². The lowest BCUT2D eigenvalue weighted by molar-refractivity contribution is 1.20. The molecule has 0 radical (unpaired) electrons. The lowest BCUT2D eigenvalue weighted by atomic mass is 10.4. The predicted octanol–water partition coefficient (Wildman–Crippen LogP) is 1.19. The molecular weight excluding hydrogens is 164 g/mol. The number of nitrogens with zero attached hydrogens (tertiary/aromatic N) is 2. The van der Waals surface area contributed by atoms with Crippen molar-refractivity contribution in [2.75, 3.05) is 5.73 Å². The number of aromatic nitrogens is 3. The Morgan fingerprint density at radius 1 is 1.45 bits per heavy atom. The molecule has 0 aromatic carbocycles. The highest BCUT2D eigenvalue weighted by Crippen LogP contribution is 2.20. The number of fused-ring (bicyclic) bond motifs is 1. The third-order valence-electron chi connectivity index (χ3n) is 1.40. The molecule has 0 atom stereocenters. The van der Waals surface area contributed by atoms with Crippen molar-refractivity contribution in [3.8, 4) is 0 Å². The van der Waals surface area contributed by atoms with E-state index < -0.39 is 0 Å². The average Bonchev–Trinajstić information content (AvgIpc) is 2.31. The van der Waals surface area contributed by atoms with Gasteiger partial charge in [0, 0.05) is 0 Å². The molecule has 11 heavy (non-hydrogen) atoms. The molecule has 2 aromatic rings. The van der Waals surface area contributed by atoms with Crippen molar-refractivity contribution in [2.45, 2.75) is 0 Å². The maximum absolute atomic E-state index is 5.74. The second-order valence-electron chi connectivity index (χ2n) is 2.15. The molecule has 0 bridgehead atoms. The summed E-state index contributed by atoms with van der Waals surface area (Å²) in [6.45, 7) is 0. The Kier molecular flexibility index (Phi) is 1.22. The van der Waals surface area contributed by atoms with E-state index >= 15 is 0 Å². The number of nitrogen functional groups attached to an aromatic ring is 1. The molecule has 56 valence electrons. The first-order valence-corrected chi connectivity index (χ1v) is 3.40. The minimum Gasteiger partial charge on any atom is -0.385 e. The molecule has 4 nitrogen and oxygen atoms in total. The molecule has 0 saturated carbocycles. The molecule has 2 aromatic heterocycles. The second-order valence-corrected chi connectivity index (χ2v) is 2.51. The van der Waals surface area contributed by atoms with Crippen molar-refractivity contribution in [2.24, 2.45) is 0 Å². The van der Waals surface area contributed by atoms with Crippen LogP contribution in [0.2, 0.25) is 5.15 Å². The van der Waals surface area contributed by atoms with Crippen molar-refractivity contribution < 1.29 is 0 Å². The van der Waals surface area contributed by atoms with Crippen LogP contribution in [0.5, 0.6) is 0 Å². The maximum Gasteiger partial charge on any atom is 0.143 e. The van der Waals surface area contributed by atoms with E-state index in [1.54, 1.807) is 6.07 Å². The minimum absolute atomic E-state index is 0.419. The quantitative estimate of drug-likeness (QED) is 0.581. The van der Waals surface area contributed by atoms with Gasteiger partial charge in [0.05, 0.1) is 5.39 Å². The zero-order valence-electron chi connectivity index (χ0n) is 5.50. The van der Waals surface area contributed by atoms with Crippen molar-refractivity contribution in [1.82, 2.24) is 15.0 Å². The maximum atomic E-state index is 5.74. The summed E-state index contributed by atoms with van der Waals surface area (Å²) in [5, 5.41) is 1.18. The van der Waals surface area contributed by atoms with Gasteiger partial charge in [-0.05, 0) is 6.07 Å². The molecule has 0 aliphatic heterocycles. The Morgan fingerprint density at radius 3 is 3.00 bits per heavy atom. The van der Waals surface area contributed by atoms with E-state index in [1.165, 1.54) is 6.33 Å². The fourth-order valence-corrected chi connectivity index (χ4v) is 1.12. The second kappa shape index (κ2) is 2.10. The molecule has 0 amide bonds. The summed E-state index contributed by atoms with van der Waals surface area (Å²) >= 11 is 5.74. The average molecular weight is 169 g/mol. The summed E-state index contributed by atoms with van der Waals surface area (Å²) in [6, 6.07) is 1.71. The van der Waals surface area contributed by atoms with Crippen molar-refractivity contribution in [3.63, 3.8) is 0 Å². The molecule has 0 saturated heterocycles. The van der Waals surface area contributed by atoms with Crippen LogP contribution in [0.3, 0.4) is 0 Å². The summed E-state index contributed by atoms with van der Waals surface area (Å²) < 4.78 is 0. The summed E-state index contributed by atoms with van der Waals surface area (Å²) in [5.74, 6) is 0.544. The molecule has 2 heterocycles. The fourth-order valence-electron chi connectivity index (χ4n) is 0.930. The third kappa shape index (κ3) is 0.914. The van der Waals surface area contributed by atoms with Crippen LogP contribution in [0.1, 0.15) is 0 Å². The number of rotatable bonds is 0. The van der Waals surface area contributed by atoms with E-state index in [2.05, 4.69) is 15.0 Å². The molecule has 2 rings (SSSR count). The van der Waals surface area contributed by atoms with Crippen LogP contribution in [0.4, 0.5) is 5.82 Å². The molecule has 5 heteroatoms. The van der Waals surface area contributed by atoms with Gasteiger partial charge in [0.15, 0.2) is 0 Å². The van der Waals surface area contributed by atoms with Crippen LogP contribution in [-0.4, -0.2) is 15.0 Å². The minimum atomic E-state index is 0.419. The lowest BCUT2D eigenvalue weighted by Gasteiger charge is -1.87. The number of H-pyrrole nitrogens is 1. The van der Waals surface area contributed by atoms with E-state index in [0.717, 1.165) is 5.39 Å². The van der Waals surface area contributed by atoms with Gasteiger partial charge in [0.2, 0.25) is 0 Å². The Hall–Kier alpha value is -1.29. The smallest absolute Gasteiger partial charge is 0.143 e. The lowest BCUT2D eigenvalue weighted by Crippen LogP contribution is -1.82. The standard InChI is InChI=1S/C6H5ClN4/c7-5-3-1-4(8)11-6(3)10-2-9-5/h1-2H,8H2,(H,9,10,11). The fraction of sp³-hybridized carbons (Fsp3) is 0. The highest BCUT2D eigenvalue weighted by molar-refractivity contribution is 6.34. The summed E-state index contributed by atoms with van der Waals surface area (Å²) in [7, 11) is 0. The Morgan fingerprint density at radius 2 is 2.27 bits per heavy atom. The highest BCUT2D eigenvalue weighted by atomic mass is 35.5. The van der Waals surface area contributed by atoms with E-state index in [1.807, 2.05) is 0 Å². The molecule has 0 aliphatic rings. The highest BCUT2D eigenvalue weighted by Gasteiger charge is 2.02. The van der Waals surface area contributed by atoms with E-state index in [4.69, 9.17) is 17.3 Å². The van der Waals surface area contributed by atoms with Crippen LogP contribution in [0.15, 0.2) is 12.4 Å². The van der Waals surface area contributed by atoms with Crippen molar-refractivity contribution in [1.29, 1.82) is 0 Å². The monoisotopic (exact) mass is 168 g/mol. The number of hydrogen-bond acceptors (Lipinski definition) is 3. The van der Waals surface area contributed by atoms with Gasteiger partial charge in [-0.3, -0.25) is 0 Å². The SMILES string of the molecule is Nc1cc2c(Cl)ncnc2[nH]1. The first-order chi connectivity index (χ1) is 5.27. The zero-order chi connectivity index (χ0) is 7.84. The number of nitrogens with two attached hydrogens (primary N) is 1. The van der Waals surface area contributed by atoms with E-state index in [0.29, 0.717) is 16.6 Å². The normalized spacial score (nSPS) is 10.6. The third-order valence-corrected chi connectivity index (χ3v) is 1.70. The van der Waals surface area contributed by atoms with Crippen LogP contribution < -0.4 is 5.73 Å². The van der Waals surface area contributed by atoms with Crippen LogP contribution >= 0.6 is 11.6 Å². The van der Waals surface area contributed by atoms with Crippen LogP contribution in [-0.2, 0) is 0 Å². The first-order valence-electron chi connectivity index (χ1n) is 3.02. The van der Waals surface area contributed by atoms with Gasteiger partial charge >= 0.3 is 0 Å². The number of hydrogen-bond donors (Lipinski definition) is 2. The van der Waals surface area contributed by atoms with Crippen molar-refractivity contribution >= 4 is 28.5 Å². The van der Waals surface area contributed by atoms with E-state index in [-0.39, 0.29) is 0 Å². The van der Waals surface area contributed by atoms with Gasteiger partial charge in [0.25, 0.3) is 0 Å². The molecule has 0 aliphatic carbocycles. The number of nitrogens with one attached hydrogen (secondary N) is 1. The Balaban J connectivity index is 2.90. The topological polar surface area (TPSA) is 67.6 Å². The largest absolute Gasteiger partial charge is 0.385 e. The van der Waals surface area contributed by atoms with E-state index in [9.17, 15) is 0 Å². The zero-order valence-corrected chi connectivity index (χ0v) is 6.26. The summed E-state index contributed by atoms with van der Waals surface area (Å²) in [4.78, 5) is 10.6. The molecule has 3 N–H and O–H groups in total. The van der Waals surface area contributed by atoms with Gasteiger partial charge < -0.3 is 10.7 Å². The molecule has 0 fully saturated rings. The Labute approximate surface area is 67.4 Å². The van der Waals surface area contributed by atoms with Gasteiger partial charge in [-0.25, -0.2) is 9.97 Å². The predicted molar refractivity (Wildman–Crippen MR) is 43.3 cm³/mol. The molecule has 0 spiro atoms. The van der Waals surface area contributed by atoms with Gasteiger partial charge in [-0.1, -0.05) is 11.6 Å². The van der Waals surface area contributed by atoms with Gasteiger partial charge in [-0.2, -0.15) is 0 Å².